The molecule has 2 rings (SSSR count). The lowest BCUT2D eigenvalue weighted by Crippen LogP contribution is -2.25. The van der Waals surface area contributed by atoms with Crippen LogP contribution in [0.2, 0.25) is 0 Å². The molecule has 1 saturated carbocycles. The Morgan fingerprint density at radius 2 is 2.19 bits per heavy atom. The summed E-state index contributed by atoms with van der Waals surface area (Å²) in [6.07, 6.45) is 1.86. The van der Waals surface area contributed by atoms with Crippen LogP contribution in [0.3, 0.4) is 0 Å². The lowest BCUT2D eigenvalue weighted by atomic mass is 10.4. The molecular weight excluding hydrogens is 228 g/mol. The number of furan rings is 1. The van der Waals surface area contributed by atoms with Gasteiger partial charge in [-0.3, -0.25) is 0 Å². The van der Waals surface area contributed by atoms with Crippen LogP contribution in [0.4, 0.5) is 0 Å². The van der Waals surface area contributed by atoms with Crippen molar-refractivity contribution in [2.24, 2.45) is 0 Å². The molecule has 0 saturated heterocycles. The maximum atomic E-state index is 11.9. The van der Waals surface area contributed by atoms with E-state index in [2.05, 4.69) is 10.0 Å². The summed E-state index contributed by atoms with van der Waals surface area (Å²) < 4.78 is 31.9. The Labute approximate surface area is 95.3 Å². The second kappa shape index (κ2) is 4.20. The minimum atomic E-state index is -3.40. The van der Waals surface area contributed by atoms with Crippen LogP contribution in [-0.4, -0.2) is 21.5 Å². The van der Waals surface area contributed by atoms with Gasteiger partial charge < -0.3 is 9.73 Å². The molecule has 90 valence electrons. The Kier molecular flexibility index (Phi) is 3.05. The van der Waals surface area contributed by atoms with Crippen molar-refractivity contribution in [1.29, 1.82) is 0 Å². The van der Waals surface area contributed by atoms with E-state index in [1.165, 1.54) is 0 Å². The first-order valence-electron chi connectivity index (χ1n) is 5.29. The Hall–Kier alpha value is -0.850. The Balaban J connectivity index is 2.24. The largest absolute Gasteiger partial charge is 0.464 e. The number of nitrogens with one attached hydrogen (secondary N) is 2. The van der Waals surface area contributed by atoms with Crippen molar-refractivity contribution in [2.75, 3.05) is 7.05 Å². The number of hydrogen-bond donors (Lipinski definition) is 2. The highest BCUT2D eigenvalue weighted by Crippen LogP contribution is 2.25. The Morgan fingerprint density at radius 3 is 2.75 bits per heavy atom. The van der Waals surface area contributed by atoms with Gasteiger partial charge in [0, 0.05) is 12.1 Å². The normalized spacial score (nSPS) is 16.6. The minimum Gasteiger partial charge on any atom is -0.464 e. The fourth-order valence-electron chi connectivity index (χ4n) is 1.54. The number of aryl methyl sites for hydroxylation is 1. The van der Waals surface area contributed by atoms with Crippen LogP contribution in [0.15, 0.2) is 15.4 Å². The molecule has 0 unspecified atom stereocenters. The van der Waals surface area contributed by atoms with Crippen LogP contribution < -0.4 is 10.0 Å². The summed E-state index contributed by atoms with van der Waals surface area (Å²) in [6.45, 7) is 2.19. The summed E-state index contributed by atoms with van der Waals surface area (Å²) in [4.78, 5) is 0.254. The second-order valence-electron chi connectivity index (χ2n) is 4.06. The maximum absolute atomic E-state index is 11.9. The molecule has 0 atom stereocenters. The van der Waals surface area contributed by atoms with E-state index >= 15 is 0 Å². The third-order valence-electron chi connectivity index (χ3n) is 2.46. The van der Waals surface area contributed by atoms with E-state index in [1.54, 1.807) is 20.0 Å². The van der Waals surface area contributed by atoms with Gasteiger partial charge in [-0.1, -0.05) is 0 Å². The standard InChI is InChI=1S/C10H16N2O3S/c1-7-10(5-9(15-7)6-11-2)16(13,14)12-8-3-4-8/h5,8,11-12H,3-4,6H2,1-2H3. The maximum Gasteiger partial charge on any atom is 0.244 e. The molecule has 6 heteroatoms. The van der Waals surface area contributed by atoms with Crippen molar-refractivity contribution in [3.05, 3.63) is 17.6 Å². The molecule has 1 fully saturated rings. The molecule has 0 spiro atoms. The zero-order valence-electron chi connectivity index (χ0n) is 9.41. The quantitative estimate of drug-likeness (QED) is 0.801. The van der Waals surface area contributed by atoms with E-state index in [0.29, 0.717) is 18.1 Å². The van der Waals surface area contributed by atoms with Crippen molar-refractivity contribution < 1.29 is 12.8 Å². The molecule has 0 aliphatic heterocycles. The summed E-state index contributed by atoms with van der Waals surface area (Å²) in [6, 6.07) is 1.70. The highest BCUT2D eigenvalue weighted by Gasteiger charge is 2.30. The minimum absolute atomic E-state index is 0.118. The highest BCUT2D eigenvalue weighted by molar-refractivity contribution is 7.89. The first-order chi connectivity index (χ1) is 7.53. The molecule has 1 heterocycles. The van der Waals surface area contributed by atoms with Gasteiger partial charge in [-0.2, -0.15) is 0 Å². The first-order valence-corrected chi connectivity index (χ1v) is 6.77. The predicted octanol–water partition coefficient (Wildman–Crippen LogP) is 0.748. The van der Waals surface area contributed by atoms with E-state index < -0.39 is 10.0 Å². The fourth-order valence-corrected chi connectivity index (χ4v) is 3.04. The zero-order chi connectivity index (χ0) is 11.8. The number of rotatable bonds is 5. The predicted molar refractivity (Wildman–Crippen MR) is 59.6 cm³/mol. The van der Waals surface area contributed by atoms with Crippen LogP contribution in [0, 0.1) is 6.92 Å². The molecule has 0 aromatic carbocycles. The van der Waals surface area contributed by atoms with E-state index in [4.69, 9.17) is 4.42 Å². The Bertz CT molecular complexity index is 474. The summed E-state index contributed by atoms with van der Waals surface area (Å²) >= 11 is 0. The third kappa shape index (κ3) is 2.45. The molecule has 1 aliphatic carbocycles. The smallest absolute Gasteiger partial charge is 0.244 e. The molecule has 5 nitrogen and oxygen atoms in total. The summed E-state index contributed by atoms with van der Waals surface area (Å²) in [5, 5.41) is 2.92. The third-order valence-corrected chi connectivity index (χ3v) is 4.09. The van der Waals surface area contributed by atoms with E-state index in [0.717, 1.165) is 12.8 Å². The SMILES string of the molecule is CNCc1cc(S(=O)(=O)NC2CC2)c(C)o1. The number of hydrogen-bond acceptors (Lipinski definition) is 4. The number of sulfonamides is 1. The van der Waals surface area contributed by atoms with Gasteiger partial charge in [0.1, 0.15) is 16.4 Å². The van der Waals surface area contributed by atoms with Crippen molar-refractivity contribution in [1.82, 2.24) is 10.0 Å². The molecule has 0 radical (unpaired) electrons. The topological polar surface area (TPSA) is 71.3 Å². The summed E-state index contributed by atoms with van der Waals surface area (Å²) in [5.74, 6) is 1.08. The van der Waals surface area contributed by atoms with E-state index in [1.807, 2.05) is 0 Å². The van der Waals surface area contributed by atoms with Gasteiger partial charge in [-0.05, 0) is 26.8 Å². The van der Waals surface area contributed by atoms with Crippen molar-refractivity contribution >= 4 is 10.0 Å². The van der Waals surface area contributed by atoms with E-state index in [9.17, 15) is 8.42 Å². The molecule has 2 N–H and O–H groups in total. The molecule has 1 aromatic heterocycles. The molecule has 0 amide bonds. The molecular formula is C10H16N2O3S. The van der Waals surface area contributed by atoms with Gasteiger partial charge in [0.2, 0.25) is 10.0 Å². The first kappa shape index (κ1) is 11.6. The average molecular weight is 244 g/mol. The van der Waals surface area contributed by atoms with E-state index in [-0.39, 0.29) is 10.9 Å². The van der Waals surface area contributed by atoms with Crippen LogP contribution >= 0.6 is 0 Å². The average Bonchev–Trinajstić information content (AvgIpc) is 2.89. The molecule has 1 aliphatic rings. The van der Waals surface area contributed by atoms with Crippen LogP contribution in [0.5, 0.6) is 0 Å². The summed E-state index contributed by atoms with van der Waals surface area (Å²) in [5.41, 5.74) is 0. The van der Waals surface area contributed by atoms with Crippen LogP contribution in [0.25, 0.3) is 0 Å². The van der Waals surface area contributed by atoms with Gasteiger partial charge in [0.25, 0.3) is 0 Å². The van der Waals surface area contributed by atoms with Crippen molar-refractivity contribution in [3.63, 3.8) is 0 Å². The van der Waals surface area contributed by atoms with Gasteiger partial charge in [-0.25, -0.2) is 13.1 Å². The molecule has 1 aromatic rings. The van der Waals surface area contributed by atoms with Crippen molar-refractivity contribution in [3.8, 4) is 0 Å². The van der Waals surface area contributed by atoms with Crippen molar-refractivity contribution in [2.45, 2.75) is 37.2 Å². The lowest BCUT2D eigenvalue weighted by molar-refractivity contribution is 0.465. The van der Waals surface area contributed by atoms with Gasteiger partial charge in [0.05, 0.1) is 6.54 Å². The van der Waals surface area contributed by atoms with Gasteiger partial charge in [-0.15, -0.1) is 0 Å². The zero-order valence-corrected chi connectivity index (χ0v) is 10.2. The lowest BCUT2D eigenvalue weighted by Gasteiger charge is -2.02. The fraction of sp³-hybridized carbons (Fsp3) is 0.600. The molecule has 0 bridgehead atoms. The van der Waals surface area contributed by atoms with Crippen LogP contribution in [0.1, 0.15) is 24.4 Å². The van der Waals surface area contributed by atoms with Gasteiger partial charge in [0.15, 0.2) is 0 Å². The highest BCUT2D eigenvalue weighted by atomic mass is 32.2. The Morgan fingerprint density at radius 1 is 1.50 bits per heavy atom. The second-order valence-corrected chi connectivity index (χ2v) is 5.74. The van der Waals surface area contributed by atoms with Crippen LogP contribution in [-0.2, 0) is 16.6 Å². The monoisotopic (exact) mass is 244 g/mol. The summed E-state index contributed by atoms with van der Waals surface area (Å²) in [7, 11) is -1.61. The molecule has 16 heavy (non-hydrogen) atoms. The van der Waals surface area contributed by atoms with Gasteiger partial charge >= 0.3 is 0 Å².